The van der Waals surface area contributed by atoms with Crippen molar-refractivity contribution >= 4 is 53.5 Å². The molecule has 2 aliphatic rings. The van der Waals surface area contributed by atoms with Gasteiger partial charge < -0.3 is 34.1 Å². The number of nitrogens with one attached hydrogen (secondary N) is 3. The second-order valence-electron chi connectivity index (χ2n) is 18.6. The number of ether oxygens (including phenoxy) is 4. The predicted molar refractivity (Wildman–Crippen MR) is 230 cm³/mol. The molecule has 16 heteroatoms. The Kier molecular flexibility index (Phi) is 14.5. The van der Waals surface area contributed by atoms with Gasteiger partial charge in [0.05, 0.1) is 0 Å². The maximum absolute atomic E-state index is 13.5. The summed E-state index contributed by atoms with van der Waals surface area (Å²) in [6, 6.07) is 11.2. The Hall–Kier alpha value is -5.93. The van der Waals surface area contributed by atoms with E-state index in [-0.39, 0.29) is 17.8 Å². The SMILES string of the molecule is Cc1cc(NC(=O)c2ccc3c(c2)CCN(C(=NC(=O)OC(C)(C)C)NC(=O)OC(C)(C)C)C3)ccc1C1=CCN(C(=NC(=O)OC(C)(C)C)NC(=O)OC(C)(C)C)CC1. The van der Waals surface area contributed by atoms with Crippen molar-refractivity contribution in [3.63, 3.8) is 0 Å². The van der Waals surface area contributed by atoms with Crippen molar-refractivity contribution in [2.75, 3.05) is 25.0 Å². The van der Waals surface area contributed by atoms with Crippen LogP contribution in [0.25, 0.3) is 5.57 Å². The van der Waals surface area contributed by atoms with E-state index in [2.05, 4.69) is 25.9 Å². The first-order valence-corrected chi connectivity index (χ1v) is 20.0. The molecule has 4 rings (SSSR count). The van der Waals surface area contributed by atoms with Crippen molar-refractivity contribution < 1.29 is 42.9 Å². The van der Waals surface area contributed by atoms with Gasteiger partial charge in [-0.1, -0.05) is 18.2 Å². The van der Waals surface area contributed by atoms with E-state index in [4.69, 9.17) is 18.9 Å². The number of amides is 5. The largest absolute Gasteiger partial charge is 0.444 e. The molecule has 5 amide bonds. The zero-order chi connectivity index (χ0) is 44.8. The van der Waals surface area contributed by atoms with Gasteiger partial charge in [0.25, 0.3) is 5.91 Å². The van der Waals surface area contributed by atoms with E-state index in [9.17, 15) is 24.0 Å². The first-order chi connectivity index (χ1) is 27.6. The highest BCUT2D eigenvalue weighted by Gasteiger charge is 2.28. The van der Waals surface area contributed by atoms with Gasteiger partial charge in [-0.05, 0) is 155 Å². The molecule has 0 aliphatic carbocycles. The summed E-state index contributed by atoms with van der Waals surface area (Å²) in [5, 5.41) is 8.24. The average molecular weight is 832 g/mol. The summed E-state index contributed by atoms with van der Waals surface area (Å²) in [5.41, 5.74) is 2.95. The number of aliphatic imine (C=N–C) groups is 2. The van der Waals surface area contributed by atoms with E-state index in [1.807, 2.05) is 43.3 Å². The lowest BCUT2D eigenvalue weighted by atomic mass is 9.95. The third kappa shape index (κ3) is 15.0. The van der Waals surface area contributed by atoms with Crippen LogP contribution in [-0.2, 0) is 31.9 Å². The number of hydrogen-bond donors (Lipinski definition) is 3. The van der Waals surface area contributed by atoms with Crippen molar-refractivity contribution in [3.8, 4) is 0 Å². The maximum atomic E-state index is 13.5. The fourth-order valence-electron chi connectivity index (χ4n) is 6.17. The van der Waals surface area contributed by atoms with Crippen molar-refractivity contribution in [1.29, 1.82) is 0 Å². The molecule has 16 nitrogen and oxygen atoms in total. The molecule has 0 atom stereocenters. The zero-order valence-corrected chi connectivity index (χ0v) is 37.2. The number of guanidine groups is 2. The van der Waals surface area contributed by atoms with Crippen LogP contribution in [0.5, 0.6) is 0 Å². The number of carbonyl (C=O) groups excluding carboxylic acids is 5. The summed E-state index contributed by atoms with van der Waals surface area (Å²) in [6.07, 6.45) is -0.0377. The molecule has 0 unspecified atom stereocenters. The molecule has 2 aromatic rings. The molecule has 60 heavy (non-hydrogen) atoms. The standard InChI is InChI=1S/C44H61N7O9/c1-27-24-32(16-17-33(27)28-18-21-50(22-19-28)35(46-37(53)57-41(2,3)4)47-38(54)58-42(5,6)7)45-34(52)30-14-15-31-26-51(23-20-29(31)25-30)36(48-39(55)59-43(8,9)10)49-40(56)60-44(11,12)13/h14-18,24-25H,19-23,26H2,1-13H3,(H,45,52)(H,46,47,53,54)(H,48,49,55,56). The topological polar surface area (TPSA) is 190 Å². The van der Waals surface area contributed by atoms with Crippen LogP contribution in [0, 0.1) is 6.92 Å². The Balaban J connectivity index is 1.44. The van der Waals surface area contributed by atoms with Crippen LogP contribution in [0.15, 0.2) is 52.5 Å². The van der Waals surface area contributed by atoms with Gasteiger partial charge in [-0.15, -0.1) is 9.98 Å². The van der Waals surface area contributed by atoms with Crippen LogP contribution >= 0.6 is 0 Å². The number of carbonyl (C=O) groups is 5. The summed E-state index contributed by atoms with van der Waals surface area (Å²) >= 11 is 0. The lowest BCUT2D eigenvalue weighted by molar-refractivity contribution is 0.0535. The summed E-state index contributed by atoms with van der Waals surface area (Å²) in [5.74, 6) is -0.221. The maximum Gasteiger partial charge on any atom is 0.437 e. The van der Waals surface area contributed by atoms with Gasteiger partial charge in [0.15, 0.2) is 0 Å². The van der Waals surface area contributed by atoms with E-state index < -0.39 is 46.8 Å². The van der Waals surface area contributed by atoms with Gasteiger partial charge in [-0.25, -0.2) is 19.2 Å². The first-order valence-electron chi connectivity index (χ1n) is 20.0. The number of benzene rings is 2. The molecule has 0 saturated carbocycles. The molecule has 0 fully saturated rings. The van der Waals surface area contributed by atoms with Gasteiger partial charge in [0.2, 0.25) is 11.9 Å². The lowest BCUT2D eigenvalue weighted by Gasteiger charge is -2.32. The average Bonchev–Trinajstić information content (AvgIpc) is 3.07. The van der Waals surface area contributed by atoms with E-state index in [1.54, 1.807) is 99.0 Å². The number of anilines is 1. The van der Waals surface area contributed by atoms with Crippen molar-refractivity contribution in [1.82, 2.24) is 20.4 Å². The number of nitrogens with zero attached hydrogens (tertiary/aromatic N) is 4. The van der Waals surface area contributed by atoms with Crippen LogP contribution in [0.3, 0.4) is 0 Å². The van der Waals surface area contributed by atoms with Crippen LogP contribution < -0.4 is 16.0 Å². The minimum Gasteiger partial charge on any atom is -0.444 e. The number of aryl methyl sites for hydroxylation is 1. The predicted octanol–water partition coefficient (Wildman–Crippen LogP) is 8.33. The highest BCUT2D eigenvalue weighted by molar-refractivity contribution is 6.05. The summed E-state index contributed by atoms with van der Waals surface area (Å²) < 4.78 is 21.6. The van der Waals surface area contributed by atoms with Crippen molar-refractivity contribution in [2.45, 2.75) is 132 Å². The Morgan fingerprint density at radius 1 is 0.617 bits per heavy atom. The molecule has 2 aliphatic heterocycles. The molecule has 0 radical (unpaired) electrons. The second kappa shape index (κ2) is 18.6. The molecular weight excluding hydrogens is 771 g/mol. The van der Waals surface area contributed by atoms with Crippen molar-refractivity contribution in [2.24, 2.45) is 9.98 Å². The highest BCUT2D eigenvalue weighted by atomic mass is 16.6. The van der Waals surface area contributed by atoms with E-state index in [0.717, 1.165) is 27.8 Å². The van der Waals surface area contributed by atoms with Gasteiger partial charge in [0.1, 0.15) is 22.4 Å². The molecule has 0 bridgehead atoms. The molecular formula is C44H61N7O9. The van der Waals surface area contributed by atoms with Crippen LogP contribution in [0.4, 0.5) is 24.9 Å². The van der Waals surface area contributed by atoms with Gasteiger partial charge in [-0.3, -0.25) is 15.4 Å². The third-order valence-electron chi connectivity index (χ3n) is 8.53. The van der Waals surface area contributed by atoms with E-state index >= 15 is 0 Å². The number of fused-ring (bicyclic) bond motifs is 1. The minimum atomic E-state index is -0.845. The van der Waals surface area contributed by atoms with E-state index in [1.165, 1.54) is 0 Å². The van der Waals surface area contributed by atoms with E-state index in [0.29, 0.717) is 50.3 Å². The number of alkyl carbamates (subject to hydrolysis) is 2. The molecule has 326 valence electrons. The molecule has 2 heterocycles. The normalized spacial score (nSPS) is 15.2. The lowest BCUT2D eigenvalue weighted by Crippen LogP contribution is -2.48. The molecule has 3 N–H and O–H groups in total. The molecule has 0 aromatic heterocycles. The highest BCUT2D eigenvalue weighted by Crippen LogP contribution is 2.28. The monoisotopic (exact) mass is 831 g/mol. The Labute approximate surface area is 353 Å². The molecule has 0 saturated heterocycles. The summed E-state index contributed by atoms with van der Waals surface area (Å²) in [7, 11) is 0. The minimum absolute atomic E-state index is 0.0121. The smallest absolute Gasteiger partial charge is 0.437 e. The summed E-state index contributed by atoms with van der Waals surface area (Å²) in [6.45, 7) is 24.4. The number of rotatable bonds is 3. The van der Waals surface area contributed by atoms with Crippen LogP contribution in [-0.4, -0.2) is 94.0 Å². The quantitative estimate of drug-likeness (QED) is 0.153. The Bertz CT molecular complexity index is 2060. The Morgan fingerprint density at radius 3 is 1.62 bits per heavy atom. The van der Waals surface area contributed by atoms with Gasteiger partial charge >= 0.3 is 24.4 Å². The fourth-order valence-corrected chi connectivity index (χ4v) is 6.17. The molecule has 0 spiro atoms. The van der Waals surface area contributed by atoms with Crippen LogP contribution in [0.2, 0.25) is 0 Å². The second-order valence-corrected chi connectivity index (χ2v) is 18.6. The zero-order valence-electron chi connectivity index (χ0n) is 37.2. The van der Waals surface area contributed by atoms with Gasteiger partial charge in [0, 0.05) is 37.4 Å². The first kappa shape index (κ1) is 46.8. The van der Waals surface area contributed by atoms with Crippen LogP contribution in [0.1, 0.15) is 122 Å². The number of hydrogen-bond acceptors (Lipinski definition) is 9. The molecule has 2 aromatic carbocycles. The van der Waals surface area contributed by atoms with Crippen molar-refractivity contribution in [3.05, 3.63) is 70.3 Å². The third-order valence-corrected chi connectivity index (χ3v) is 8.53. The fraction of sp³-hybridized carbons (Fsp3) is 0.523. The summed E-state index contributed by atoms with van der Waals surface area (Å²) in [4.78, 5) is 75.8. The Morgan fingerprint density at radius 2 is 1.13 bits per heavy atom. The van der Waals surface area contributed by atoms with Gasteiger partial charge in [-0.2, -0.15) is 0 Å².